The van der Waals surface area contributed by atoms with Gasteiger partial charge in [-0.15, -0.1) is 0 Å². The van der Waals surface area contributed by atoms with Crippen LogP contribution in [0.25, 0.3) is 0 Å². The van der Waals surface area contributed by atoms with E-state index in [0.717, 1.165) is 30.1 Å². The molecule has 0 atom stereocenters. The zero-order valence-electron chi connectivity index (χ0n) is 13.2. The Morgan fingerprint density at radius 2 is 2.05 bits per heavy atom. The van der Waals surface area contributed by atoms with Gasteiger partial charge in [0.2, 0.25) is 5.88 Å². The first-order chi connectivity index (χ1) is 10.1. The Bertz CT molecular complexity index is 596. The van der Waals surface area contributed by atoms with Gasteiger partial charge in [-0.2, -0.15) is 0 Å². The van der Waals surface area contributed by atoms with Gasteiger partial charge in [-0.05, 0) is 37.2 Å². The zero-order chi connectivity index (χ0) is 15.2. The van der Waals surface area contributed by atoms with Gasteiger partial charge in [-0.3, -0.25) is 0 Å². The van der Waals surface area contributed by atoms with Crippen molar-refractivity contribution in [2.24, 2.45) is 0 Å². The molecule has 1 heterocycles. The Labute approximate surface area is 126 Å². The Balaban J connectivity index is 2.14. The third kappa shape index (κ3) is 4.20. The lowest BCUT2D eigenvalue weighted by Crippen LogP contribution is -2.12. The zero-order valence-corrected chi connectivity index (χ0v) is 13.2. The minimum absolute atomic E-state index is 0.658. The molecule has 1 N–H and O–H groups in total. The minimum atomic E-state index is 0.658. The molecular weight excluding hydrogens is 262 g/mol. The largest absolute Gasteiger partial charge is 0.439 e. The molecule has 2 rings (SSSR count). The second-order valence-electron chi connectivity index (χ2n) is 5.24. The van der Waals surface area contributed by atoms with Crippen LogP contribution in [-0.4, -0.2) is 25.6 Å². The topological polar surface area (TPSA) is 37.4 Å². The summed E-state index contributed by atoms with van der Waals surface area (Å²) in [5.74, 6) is 1.46. The quantitative estimate of drug-likeness (QED) is 0.883. The fourth-order valence-electron chi connectivity index (χ4n) is 2.03. The highest BCUT2D eigenvalue weighted by atomic mass is 16.5. The van der Waals surface area contributed by atoms with Crippen LogP contribution in [0, 0.1) is 6.92 Å². The van der Waals surface area contributed by atoms with Crippen LogP contribution in [0.4, 0.5) is 5.69 Å². The summed E-state index contributed by atoms with van der Waals surface area (Å²) < 4.78 is 5.90. The maximum Gasteiger partial charge on any atom is 0.222 e. The molecule has 0 aliphatic rings. The maximum absolute atomic E-state index is 5.90. The van der Waals surface area contributed by atoms with Gasteiger partial charge in [-0.25, -0.2) is 4.98 Å². The standard InChI is InChI=1S/C17H23N3O/c1-5-18-11-14-9-13(2)17(19-12-14)21-16-8-6-7-15(10-16)20(3)4/h6-10,12,18H,5,11H2,1-4H3. The molecule has 1 aromatic heterocycles. The number of aromatic nitrogens is 1. The fraction of sp³-hybridized carbons (Fsp3) is 0.353. The first kappa shape index (κ1) is 15.3. The minimum Gasteiger partial charge on any atom is -0.439 e. The number of anilines is 1. The average Bonchev–Trinajstić information content (AvgIpc) is 2.48. The Morgan fingerprint density at radius 3 is 2.71 bits per heavy atom. The van der Waals surface area contributed by atoms with Crippen molar-refractivity contribution in [3.63, 3.8) is 0 Å². The second kappa shape index (κ2) is 7.09. The van der Waals surface area contributed by atoms with Crippen LogP contribution in [0.3, 0.4) is 0 Å². The van der Waals surface area contributed by atoms with Crippen molar-refractivity contribution < 1.29 is 4.74 Å². The van der Waals surface area contributed by atoms with E-state index in [1.165, 1.54) is 5.56 Å². The molecule has 4 heteroatoms. The monoisotopic (exact) mass is 285 g/mol. The van der Waals surface area contributed by atoms with E-state index in [4.69, 9.17) is 4.74 Å². The van der Waals surface area contributed by atoms with Crippen molar-refractivity contribution in [1.82, 2.24) is 10.3 Å². The number of nitrogens with zero attached hydrogens (tertiary/aromatic N) is 2. The number of hydrogen-bond acceptors (Lipinski definition) is 4. The van der Waals surface area contributed by atoms with Crippen molar-refractivity contribution in [2.45, 2.75) is 20.4 Å². The smallest absolute Gasteiger partial charge is 0.222 e. The molecule has 0 spiro atoms. The van der Waals surface area contributed by atoms with Gasteiger partial charge in [0.05, 0.1) is 0 Å². The molecule has 2 aromatic rings. The van der Waals surface area contributed by atoms with E-state index in [2.05, 4.69) is 23.3 Å². The van der Waals surface area contributed by atoms with Gasteiger partial charge in [0, 0.05) is 44.2 Å². The molecular formula is C17H23N3O. The van der Waals surface area contributed by atoms with E-state index in [1.807, 2.05) is 56.4 Å². The van der Waals surface area contributed by atoms with Crippen molar-refractivity contribution >= 4 is 5.69 Å². The summed E-state index contributed by atoms with van der Waals surface area (Å²) in [6, 6.07) is 10.1. The van der Waals surface area contributed by atoms with Crippen LogP contribution in [0.15, 0.2) is 36.5 Å². The number of ether oxygens (including phenoxy) is 1. The lowest BCUT2D eigenvalue weighted by atomic mass is 10.2. The lowest BCUT2D eigenvalue weighted by molar-refractivity contribution is 0.458. The van der Waals surface area contributed by atoms with Gasteiger partial charge in [-0.1, -0.05) is 13.0 Å². The molecule has 0 unspecified atom stereocenters. The van der Waals surface area contributed by atoms with Crippen LogP contribution in [-0.2, 0) is 6.54 Å². The van der Waals surface area contributed by atoms with E-state index in [9.17, 15) is 0 Å². The highest BCUT2D eigenvalue weighted by Crippen LogP contribution is 2.26. The Morgan fingerprint density at radius 1 is 1.24 bits per heavy atom. The molecule has 0 saturated heterocycles. The molecule has 0 fully saturated rings. The summed E-state index contributed by atoms with van der Waals surface area (Å²) >= 11 is 0. The lowest BCUT2D eigenvalue weighted by Gasteiger charge is -2.14. The Kier molecular flexibility index (Phi) is 5.17. The second-order valence-corrected chi connectivity index (χ2v) is 5.24. The molecule has 0 amide bonds. The molecule has 0 bridgehead atoms. The first-order valence-electron chi connectivity index (χ1n) is 7.21. The average molecular weight is 285 g/mol. The van der Waals surface area contributed by atoms with E-state index in [-0.39, 0.29) is 0 Å². The van der Waals surface area contributed by atoms with Crippen LogP contribution in [0.5, 0.6) is 11.6 Å². The number of nitrogens with one attached hydrogen (secondary N) is 1. The molecule has 0 saturated carbocycles. The highest BCUT2D eigenvalue weighted by Gasteiger charge is 2.06. The number of pyridine rings is 1. The SMILES string of the molecule is CCNCc1cnc(Oc2cccc(N(C)C)c2)c(C)c1. The van der Waals surface area contributed by atoms with E-state index < -0.39 is 0 Å². The summed E-state index contributed by atoms with van der Waals surface area (Å²) in [6.45, 7) is 5.90. The molecule has 0 radical (unpaired) electrons. The predicted molar refractivity (Wildman–Crippen MR) is 87.2 cm³/mol. The first-order valence-corrected chi connectivity index (χ1v) is 7.21. The van der Waals surface area contributed by atoms with Crippen LogP contribution >= 0.6 is 0 Å². The molecule has 112 valence electrons. The molecule has 0 aliphatic heterocycles. The number of aryl methyl sites for hydroxylation is 1. The van der Waals surface area contributed by atoms with E-state index >= 15 is 0 Å². The number of rotatable bonds is 6. The van der Waals surface area contributed by atoms with Gasteiger partial charge < -0.3 is 15.0 Å². The van der Waals surface area contributed by atoms with Crippen molar-refractivity contribution in [3.8, 4) is 11.6 Å². The summed E-state index contributed by atoms with van der Waals surface area (Å²) in [5, 5.41) is 3.29. The van der Waals surface area contributed by atoms with Crippen LogP contribution in [0.2, 0.25) is 0 Å². The molecule has 4 nitrogen and oxygen atoms in total. The number of hydrogen-bond donors (Lipinski definition) is 1. The van der Waals surface area contributed by atoms with Gasteiger partial charge in [0.1, 0.15) is 5.75 Å². The predicted octanol–water partition coefficient (Wildman–Crippen LogP) is 3.36. The van der Waals surface area contributed by atoms with Crippen molar-refractivity contribution in [3.05, 3.63) is 47.7 Å². The molecule has 21 heavy (non-hydrogen) atoms. The third-order valence-electron chi connectivity index (χ3n) is 3.21. The summed E-state index contributed by atoms with van der Waals surface area (Å²) in [4.78, 5) is 6.47. The van der Waals surface area contributed by atoms with Crippen LogP contribution < -0.4 is 15.0 Å². The normalized spacial score (nSPS) is 10.5. The van der Waals surface area contributed by atoms with Crippen molar-refractivity contribution in [1.29, 1.82) is 0 Å². The van der Waals surface area contributed by atoms with Gasteiger partial charge >= 0.3 is 0 Å². The van der Waals surface area contributed by atoms with Gasteiger partial charge in [0.25, 0.3) is 0 Å². The molecule has 0 aliphatic carbocycles. The maximum atomic E-state index is 5.90. The summed E-state index contributed by atoms with van der Waals surface area (Å²) in [7, 11) is 4.02. The highest BCUT2D eigenvalue weighted by molar-refractivity contribution is 5.50. The van der Waals surface area contributed by atoms with E-state index in [1.54, 1.807) is 0 Å². The fourth-order valence-corrected chi connectivity index (χ4v) is 2.03. The summed E-state index contributed by atoms with van der Waals surface area (Å²) in [5.41, 5.74) is 3.32. The van der Waals surface area contributed by atoms with E-state index in [0.29, 0.717) is 5.88 Å². The Hall–Kier alpha value is -2.07. The molecule has 1 aromatic carbocycles. The number of benzene rings is 1. The van der Waals surface area contributed by atoms with Crippen LogP contribution in [0.1, 0.15) is 18.1 Å². The summed E-state index contributed by atoms with van der Waals surface area (Å²) in [6.07, 6.45) is 1.86. The van der Waals surface area contributed by atoms with Crippen molar-refractivity contribution in [2.75, 3.05) is 25.5 Å². The third-order valence-corrected chi connectivity index (χ3v) is 3.21. The van der Waals surface area contributed by atoms with Gasteiger partial charge in [0.15, 0.2) is 0 Å².